The van der Waals surface area contributed by atoms with Crippen molar-refractivity contribution in [3.63, 3.8) is 0 Å². The van der Waals surface area contributed by atoms with Gasteiger partial charge in [-0.3, -0.25) is 9.69 Å². The lowest BCUT2D eigenvalue weighted by Crippen LogP contribution is -2.34. The van der Waals surface area contributed by atoms with Gasteiger partial charge in [0.15, 0.2) is 0 Å². The number of carbonyl (C=O) groups excluding carboxylic acids is 1. The molecule has 2 rings (SSSR count). The highest BCUT2D eigenvalue weighted by Crippen LogP contribution is 2.25. The molecule has 0 radical (unpaired) electrons. The molecular formula is C18H27NO2. The van der Waals surface area contributed by atoms with Crippen LogP contribution in [0, 0.1) is 18.8 Å². The lowest BCUT2D eigenvalue weighted by Gasteiger charge is -2.32. The summed E-state index contributed by atoms with van der Waals surface area (Å²) in [5.41, 5.74) is 2.73. The van der Waals surface area contributed by atoms with Gasteiger partial charge in [0.25, 0.3) is 0 Å². The van der Waals surface area contributed by atoms with E-state index in [9.17, 15) is 4.79 Å². The SMILES string of the molecule is COC(=O)C(C)CC1CCN(Cc2cccc(C)c2)CC1. The van der Waals surface area contributed by atoms with Gasteiger partial charge < -0.3 is 4.74 Å². The number of esters is 1. The zero-order valence-electron chi connectivity index (χ0n) is 13.5. The molecule has 1 aromatic carbocycles. The Balaban J connectivity index is 1.77. The van der Waals surface area contributed by atoms with Crippen LogP contribution in [-0.2, 0) is 16.1 Å². The number of ether oxygens (including phenoxy) is 1. The summed E-state index contributed by atoms with van der Waals surface area (Å²) in [5, 5.41) is 0. The number of piperidine rings is 1. The average Bonchev–Trinajstić information content (AvgIpc) is 2.48. The van der Waals surface area contributed by atoms with Gasteiger partial charge in [-0.1, -0.05) is 36.8 Å². The van der Waals surface area contributed by atoms with E-state index in [-0.39, 0.29) is 11.9 Å². The van der Waals surface area contributed by atoms with E-state index in [0.717, 1.165) is 26.1 Å². The smallest absolute Gasteiger partial charge is 0.308 e. The number of nitrogens with zero attached hydrogens (tertiary/aromatic N) is 1. The van der Waals surface area contributed by atoms with Crippen LogP contribution in [0.5, 0.6) is 0 Å². The monoisotopic (exact) mass is 289 g/mol. The van der Waals surface area contributed by atoms with Crippen molar-refractivity contribution >= 4 is 5.97 Å². The molecule has 1 aliphatic rings. The molecule has 3 heteroatoms. The maximum atomic E-state index is 11.5. The lowest BCUT2D eigenvalue weighted by atomic mass is 9.88. The van der Waals surface area contributed by atoms with Gasteiger partial charge in [0.05, 0.1) is 13.0 Å². The predicted molar refractivity (Wildman–Crippen MR) is 85.0 cm³/mol. The molecule has 21 heavy (non-hydrogen) atoms. The molecule has 3 nitrogen and oxygen atoms in total. The van der Waals surface area contributed by atoms with Crippen LogP contribution >= 0.6 is 0 Å². The summed E-state index contributed by atoms with van der Waals surface area (Å²) in [5.74, 6) is 0.619. The number of hydrogen-bond acceptors (Lipinski definition) is 3. The second kappa shape index (κ2) is 7.60. The molecule has 116 valence electrons. The van der Waals surface area contributed by atoms with Crippen molar-refractivity contribution in [2.75, 3.05) is 20.2 Å². The number of aryl methyl sites for hydroxylation is 1. The normalized spacial score (nSPS) is 18.4. The molecule has 1 saturated heterocycles. The van der Waals surface area contributed by atoms with Crippen LogP contribution in [-0.4, -0.2) is 31.1 Å². The van der Waals surface area contributed by atoms with Crippen molar-refractivity contribution in [3.8, 4) is 0 Å². The number of carbonyl (C=O) groups is 1. The van der Waals surface area contributed by atoms with E-state index < -0.39 is 0 Å². The first-order valence-electron chi connectivity index (χ1n) is 7.94. The Morgan fingerprint density at radius 2 is 2.10 bits per heavy atom. The summed E-state index contributed by atoms with van der Waals surface area (Å²) in [7, 11) is 1.48. The maximum Gasteiger partial charge on any atom is 0.308 e. The van der Waals surface area contributed by atoms with Gasteiger partial charge >= 0.3 is 5.97 Å². The first-order chi connectivity index (χ1) is 10.1. The third-order valence-corrected chi connectivity index (χ3v) is 4.49. The standard InChI is InChI=1S/C18H27NO2/c1-14-5-4-6-17(11-14)13-19-9-7-16(8-10-19)12-15(2)18(20)21-3/h4-6,11,15-16H,7-10,12-13H2,1-3H3. The lowest BCUT2D eigenvalue weighted by molar-refractivity contribution is -0.145. The molecule has 0 bridgehead atoms. The fraction of sp³-hybridized carbons (Fsp3) is 0.611. The quantitative estimate of drug-likeness (QED) is 0.778. The van der Waals surface area contributed by atoms with Gasteiger partial charge in [-0.05, 0) is 50.8 Å². The van der Waals surface area contributed by atoms with E-state index in [1.807, 2.05) is 6.92 Å². The van der Waals surface area contributed by atoms with E-state index >= 15 is 0 Å². The van der Waals surface area contributed by atoms with Crippen molar-refractivity contribution in [2.24, 2.45) is 11.8 Å². The maximum absolute atomic E-state index is 11.5. The van der Waals surface area contributed by atoms with E-state index in [0.29, 0.717) is 5.92 Å². The molecule has 0 N–H and O–H groups in total. The molecule has 0 aromatic heterocycles. The number of rotatable bonds is 5. The van der Waals surface area contributed by atoms with E-state index in [2.05, 4.69) is 36.1 Å². The minimum atomic E-state index is -0.0720. The van der Waals surface area contributed by atoms with Gasteiger partial charge in [-0.15, -0.1) is 0 Å². The third kappa shape index (κ3) is 4.85. The van der Waals surface area contributed by atoms with E-state index in [1.165, 1.54) is 31.1 Å². The van der Waals surface area contributed by atoms with Crippen LogP contribution < -0.4 is 0 Å². The molecule has 1 aromatic rings. The first kappa shape index (κ1) is 16.0. The molecule has 1 heterocycles. The molecule has 1 fully saturated rings. The number of benzene rings is 1. The average molecular weight is 289 g/mol. The van der Waals surface area contributed by atoms with Crippen LogP contribution in [0.15, 0.2) is 24.3 Å². The van der Waals surface area contributed by atoms with Gasteiger partial charge in [-0.2, -0.15) is 0 Å². The third-order valence-electron chi connectivity index (χ3n) is 4.49. The zero-order valence-corrected chi connectivity index (χ0v) is 13.5. The van der Waals surface area contributed by atoms with Crippen molar-refractivity contribution < 1.29 is 9.53 Å². The summed E-state index contributed by atoms with van der Waals surface area (Å²) in [6.07, 6.45) is 3.34. The molecule has 0 saturated carbocycles. The fourth-order valence-electron chi connectivity index (χ4n) is 3.25. The predicted octanol–water partition coefficient (Wildman–Crippen LogP) is 3.41. The highest BCUT2D eigenvalue weighted by atomic mass is 16.5. The van der Waals surface area contributed by atoms with Gasteiger partial charge in [0.2, 0.25) is 0 Å². The second-order valence-corrected chi connectivity index (χ2v) is 6.37. The Labute approximate surface area is 128 Å². The zero-order chi connectivity index (χ0) is 15.2. The molecular weight excluding hydrogens is 262 g/mol. The highest BCUT2D eigenvalue weighted by Gasteiger charge is 2.24. The Hall–Kier alpha value is -1.35. The molecule has 1 atom stereocenters. The summed E-state index contributed by atoms with van der Waals surface area (Å²) in [4.78, 5) is 14.0. The van der Waals surface area contributed by atoms with Crippen molar-refractivity contribution in [3.05, 3.63) is 35.4 Å². The van der Waals surface area contributed by atoms with Gasteiger partial charge in [0.1, 0.15) is 0 Å². The van der Waals surface area contributed by atoms with Crippen LogP contribution in [0.1, 0.15) is 37.3 Å². The summed E-state index contributed by atoms with van der Waals surface area (Å²) >= 11 is 0. The van der Waals surface area contributed by atoms with E-state index in [4.69, 9.17) is 4.74 Å². The van der Waals surface area contributed by atoms with E-state index in [1.54, 1.807) is 0 Å². The number of methoxy groups -OCH3 is 1. The fourth-order valence-corrected chi connectivity index (χ4v) is 3.25. The Morgan fingerprint density at radius 1 is 1.38 bits per heavy atom. The van der Waals surface area contributed by atoms with Crippen LogP contribution in [0.2, 0.25) is 0 Å². The first-order valence-corrected chi connectivity index (χ1v) is 7.94. The largest absolute Gasteiger partial charge is 0.469 e. The molecule has 1 unspecified atom stereocenters. The van der Waals surface area contributed by atoms with Crippen molar-refractivity contribution in [2.45, 2.75) is 39.7 Å². The number of likely N-dealkylation sites (tertiary alicyclic amines) is 1. The molecule has 0 aliphatic carbocycles. The topological polar surface area (TPSA) is 29.5 Å². The van der Waals surface area contributed by atoms with Crippen molar-refractivity contribution in [1.29, 1.82) is 0 Å². The Kier molecular flexibility index (Phi) is 5.80. The van der Waals surface area contributed by atoms with Crippen LogP contribution in [0.25, 0.3) is 0 Å². The Morgan fingerprint density at radius 3 is 2.71 bits per heavy atom. The minimum absolute atomic E-state index is 0.0309. The highest BCUT2D eigenvalue weighted by molar-refractivity contribution is 5.71. The second-order valence-electron chi connectivity index (χ2n) is 6.37. The van der Waals surface area contributed by atoms with Gasteiger partial charge in [-0.25, -0.2) is 0 Å². The Bertz CT molecular complexity index is 464. The summed E-state index contributed by atoms with van der Waals surface area (Å²) in [6, 6.07) is 8.75. The van der Waals surface area contributed by atoms with Crippen LogP contribution in [0.4, 0.5) is 0 Å². The summed E-state index contributed by atoms with van der Waals surface area (Å²) in [6.45, 7) is 7.43. The van der Waals surface area contributed by atoms with Crippen LogP contribution in [0.3, 0.4) is 0 Å². The molecule has 0 amide bonds. The van der Waals surface area contributed by atoms with Crippen molar-refractivity contribution in [1.82, 2.24) is 4.90 Å². The minimum Gasteiger partial charge on any atom is -0.469 e. The number of hydrogen-bond donors (Lipinski definition) is 0. The molecule has 1 aliphatic heterocycles. The van der Waals surface area contributed by atoms with Gasteiger partial charge in [0, 0.05) is 6.54 Å². The summed E-state index contributed by atoms with van der Waals surface area (Å²) < 4.78 is 4.82. The molecule has 0 spiro atoms.